The molecule has 0 saturated carbocycles. The first-order chi connectivity index (χ1) is 24.1. The summed E-state index contributed by atoms with van der Waals surface area (Å²) in [4.78, 5) is 45.7. The molecule has 0 bridgehead atoms. The molecule has 4 N–H and O–H groups in total. The van der Waals surface area contributed by atoms with E-state index in [0.717, 1.165) is 89.9 Å². The Hall–Kier alpha value is -2.56. The van der Waals surface area contributed by atoms with Crippen LogP contribution in [0.15, 0.2) is 48.6 Å². The maximum absolute atomic E-state index is 12.5. The number of nitrogens with two attached hydrogens (primary N) is 1. The molecule has 1 unspecified atom stereocenters. The van der Waals surface area contributed by atoms with Gasteiger partial charge in [0.05, 0.1) is 13.2 Å². The van der Waals surface area contributed by atoms with E-state index >= 15 is 0 Å². The molecule has 3 atom stereocenters. The van der Waals surface area contributed by atoms with Crippen molar-refractivity contribution in [2.45, 2.75) is 154 Å². The molecule has 0 amide bonds. The van der Waals surface area contributed by atoms with Gasteiger partial charge in [-0.25, -0.2) is 4.57 Å². The Morgan fingerprint density at radius 3 is 1.70 bits per heavy atom. The third-order valence-electron chi connectivity index (χ3n) is 7.56. The van der Waals surface area contributed by atoms with Crippen LogP contribution in [0.25, 0.3) is 0 Å². The fraction of sp³-hybridized carbons (Fsp3) is 0.711. The van der Waals surface area contributed by atoms with Crippen LogP contribution in [0.5, 0.6) is 0 Å². The van der Waals surface area contributed by atoms with E-state index in [9.17, 15) is 23.8 Å². The molecule has 0 aliphatic carbocycles. The largest absolute Gasteiger partial charge is 0.480 e. The number of carboxylic acids is 1. The van der Waals surface area contributed by atoms with Gasteiger partial charge in [-0.3, -0.25) is 23.4 Å². The highest BCUT2D eigenvalue weighted by Gasteiger charge is 2.28. The minimum absolute atomic E-state index is 0.138. The van der Waals surface area contributed by atoms with Gasteiger partial charge < -0.3 is 25.2 Å². The van der Waals surface area contributed by atoms with Crippen molar-refractivity contribution in [2.24, 2.45) is 5.73 Å². The second kappa shape index (κ2) is 33.6. The van der Waals surface area contributed by atoms with Crippen LogP contribution in [-0.4, -0.2) is 59.9 Å². The number of carbonyl (C=O) groups is 3. The normalized spacial score (nSPS) is 14.5. The predicted molar refractivity (Wildman–Crippen MR) is 198 cm³/mol. The molecule has 0 rings (SSSR count). The number of phosphoric ester groups is 1. The van der Waals surface area contributed by atoms with Gasteiger partial charge in [-0.05, 0) is 64.2 Å². The summed E-state index contributed by atoms with van der Waals surface area (Å²) in [6, 6.07) is -1.53. The van der Waals surface area contributed by atoms with Gasteiger partial charge >= 0.3 is 25.7 Å². The van der Waals surface area contributed by atoms with E-state index in [1.165, 1.54) is 12.8 Å². The zero-order chi connectivity index (χ0) is 37.1. The number of allylic oxidation sites excluding steroid dienone is 8. The maximum Gasteiger partial charge on any atom is 0.472 e. The average Bonchev–Trinajstić information content (AvgIpc) is 3.09. The number of ether oxygens (including phenoxy) is 2. The number of esters is 2. The number of unbranched alkanes of at least 4 members (excludes halogenated alkanes) is 12. The van der Waals surface area contributed by atoms with Gasteiger partial charge in [0.15, 0.2) is 6.10 Å². The van der Waals surface area contributed by atoms with E-state index < -0.39 is 51.1 Å². The molecule has 11 nitrogen and oxygen atoms in total. The van der Waals surface area contributed by atoms with Crippen molar-refractivity contribution in [3.05, 3.63) is 48.6 Å². The number of hydrogen-bond donors (Lipinski definition) is 3. The zero-order valence-electron chi connectivity index (χ0n) is 30.7. The number of hydrogen-bond acceptors (Lipinski definition) is 9. The van der Waals surface area contributed by atoms with E-state index in [-0.39, 0.29) is 19.4 Å². The summed E-state index contributed by atoms with van der Waals surface area (Å²) in [6.45, 7) is 2.59. The molecular weight excluding hydrogens is 661 g/mol. The van der Waals surface area contributed by atoms with E-state index in [1.807, 2.05) is 0 Å². The summed E-state index contributed by atoms with van der Waals surface area (Å²) in [5.74, 6) is -2.42. The van der Waals surface area contributed by atoms with E-state index in [2.05, 4.69) is 67.0 Å². The lowest BCUT2D eigenvalue weighted by molar-refractivity contribution is -0.161. The highest BCUT2D eigenvalue weighted by atomic mass is 31.2. The first kappa shape index (κ1) is 47.4. The fourth-order valence-electron chi connectivity index (χ4n) is 4.59. The summed E-state index contributed by atoms with van der Waals surface area (Å²) in [7, 11) is -4.72. The first-order valence-electron chi connectivity index (χ1n) is 18.7. The van der Waals surface area contributed by atoms with E-state index in [4.69, 9.17) is 24.8 Å². The van der Waals surface area contributed by atoms with Crippen LogP contribution in [0, 0.1) is 0 Å². The van der Waals surface area contributed by atoms with Crippen molar-refractivity contribution in [3.8, 4) is 0 Å². The smallest absolute Gasteiger partial charge is 0.472 e. The number of aliphatic carboxylic acids is 1. The Labute approximate surface area is 301 Å². The molecule has 50 heavy (non-hydrogen) atoms. The van der Waals surface area contributed by atoms with Crippen LogP contribution < -0.4 is 5.73 Å². The van der Waals surface area contributed by atoms with Crippen LogP contribution in [-0.2, 0) is 37.5 Å². The van der Waals surface area contributed by atoms with Gasteiger partial charge in [0, 0.05) is 12.8 Å². The molecule has 0 radical (unpaired) electrons. The van der Waals surface area contributed by atoms with Crippen molar-refractivity contribution < 1.29 is 47.5 Å². The predicted octanol–water partition coefficient (Wildman–Crippen LogP) is 9.05. The number of rotatable bonds is 34. The molecule has 0 aromatic rings. The van der Waals surface area contributed by atoms with Crippen LogP contribution in [0.1, 0.15) is 142 Å². The SMILES string of the molecule is CC/C=C/C/C=C/C/C=C/CCCCCCCC(=O)O[C@H](COC(=O)CCCCCCC/C=C/CCCC)COP(=O)(O)OC[C@H](N)C(=O)O. The fourth-order valence-corrected chi connectivity index (χ4v) is 5.37. The third kappa shape index (κ3) is 32.6. The van der Waals surface area contributed by atoms with E-state index in [0.29, 0.717) is 12.8 Å². The van der Waals surface area contributed by atoms with Crippen molar-refractivity contribution >= 4 is 25.7 Å². The summed E-state index contributed by atoms with van der Waals surface area (Å²) < 4.78 is 32.5. The van der Waals surface area contributed by atoms with Crippen molar-refractivity contribution in [3.63, 3.8) is 0 Å². The number of carbonyl (C=O) groups excluding carboxylic acids is 2. The lowest BCUT2D eigenvalue weighted by Gasteiger charge is -2.20. The Bertz CT molecular complexity index is 1040. The molecule has 12 heteroatoms. The second-order valence-electron chi connectivity index (χ2n) is 12.3. The molecule has 0 spiro atoms. The topological polar surface area (TPSA) is 172 Å². The summed E-state index contributed by atoms with van der Waals surface area (Å²) in [5, 5.41) is 8.85. The quantitative estimate of drug-likeness (QED) is 0.0250. The summed E-state index contributed by atoms with van der Waals surface area (Å²) in [5.41, 5.74) is 5.31. The van der Waals surface area contributed by atoms with E-state index in [1.54, 1.807) is 0 Å². The molecule has 288 valence electrons. The summed E-state index contributed by atoms with van der Waals surface area (Å²) in [6.07, 6.45) is 34.7. The molecule has 0 saturated heterocycles. The van der Waals surface area contributed by atoms with Crippen molar-refractivity contribution in [2.75, 3.05) is 19.8 Å². The average molecular weight is 728 g/mol. The Balaban J connectivity index is 4.50. The number of carboxylic acid groups (broad SMARTS) is 1. The van der Waals surface area contributed by atoms with Gasteiger partial charge in [-0.1, -0.05) is 114 Å². The van der Waals surface area contributed by atoms with Gasteiger partial charge in [0.2, 0.25) is 0 Å². The first-order valence-corrected chi connectivity index (χ1v) is 20.2. The van der Waals surface area contributed by atoms with Crippen LogP contribution in [0.4, 0.5) is 0 Å². The molecule has 0 aliphatic rings. The monoisotopic (exact) mass is 727 g/mol. The number of phosphoric acid groups is 1. The molecule has 0 heterocycles. The molecule has 0 aliphatic heterocycles. The van der Waals surface area contributed by atoms with Gasteiger partial charge in [0.1, 0.15) is 12.6 Å². The molecule has 0 fully saturated rings. The maximum atomic E-state index is 12.5. The lowest BCUT2D eigenvalue weighted by atomic mass is 10.1. The van der Waals surface area contributed by atoms with Crippen molar-refractivity contribution in [1.29, 1.82) is 0 Å². The third-order valence-corrected chi connectivity index (χ3v) is 8.51. The standard InChI is InChI=1S/C38H66NO10P/c1-3-5-7-9-11-13-15-16-17-18-20-22-24-26-28-30-37(41)49-34(32-47-50(44,45)48-33-35(39)38(42)43)31-46-36(40)29-27-25-23-21-19-14-12-10-8-6-4-2/h5,7,10-13,16-17,34-35H,3-4,6,8-9,14-15,18-33,39H2,1-2H3,(H,42,43)(H,44,45)/b7-5+,12-10+,13-11+,17-16+/t34-,35+/m1/s1. The highest BCUT2D eigenvalue weighted by molar-refractivity contribution is 7.47. The van der Waals surface area contributed by atoms with Crippen LogP contribution in [0.3, 0.4) is 0 Å². The Kier molecular flexibility index (Phi) is 31.9. The lowest BCUT2D eigenvalue weighted by Crippen LogP contribution is -2.34. The van der Waals surface area contributed by atoms with Crippen LogP contribution in [0.2, 0.25) is 0 Å². The minimum Gasteiger partial charge on any atom is -0.480 e. The van der Waals surface area contributed by atoms with Crippen LogP contribution >= 0.6 is 7.82 Å². The Morgan fingerprint density at radius 2 is 1.12 bits per heavy atom. The minimum atomic E-state index is -4.72. The second-order valence-corrected chi connectivity index (χ2v) is 13.8. The van der Waals surface area contributed by atoms with Gasteiger partial charge in [-0.15, -0.1) is 0 Å². The highest BCUT2D eigenvalue weighted by Crippen LogP contribution is 2.43. The molecule has 0 aromatic heterocycles. The summed E-state index contributed by atoms with van der Waals surface area (Å²) >= 11 is 0. The molecular formula is C38H66NO10P. The Morgan fingerprint density at radius 1 is 0.640 bits per heavy atom. The zero-order valence-corrected chi connectivity index (χ0v) is 31.6. The van der Waals surface area contributed by atoms with Gasteiger partial charge in [0.25, 0.3) is 0 Å². The van der Waals surface area contributed by atoms with Gasteiger partial charge in [-0.2, -0.15) is 0 Å². The van der Waals surface area contributed by atoms with Crippen molar-refractivity contribution in [1.82, 2.24) is 0 Å². The molecule has 0 aromatic carbocycles.